The van der Waals surface area contributed by atoms with E-state index in [1.165, 1.54) is 0 Å². The first-order chi connectivity index (χ1) is 9.05. The maximum Gasteiger partial charge on any atom is 0.161 e. The lowest BCUT2D eigenvalue weighted by Gasteiger charge is -2.22. The molecule has 0 saturated carbocycles. The molecule has 0 bridgehead atoms. The summed E-state index contributed by atoms with van der Waals surface area (Å²) in [6.07, 6.45) is 0.0570. The average Bonchev–Trinajstić information content (AvgIpc) is 2.59. The normalized spacial score (nSPS) is 22.6. The van der Waals surface area contributed by atoms with Crippen LogP contribution in [0, 0.1) is 5.41 Å². The zero-order valence-electron chi connectivity index (χ0n) is 12.2. The summed E-state index contributed by atoms with van der Waals surface area (Å²) in [5.74, 6) is 1.49. The van der Waals surface area contributed by atoms with Crippen LogP contribution in [0.25, 0.3) is 0 Å². The van der Waals surface area contributed by atoms with E-state index < -0.39 is 0 Å². The Labute approximate surface area is 115 Å². The molecule has 2 rings (SSSR count). The lowest BCUT2D eigenvalue weighted by Crippen LogP contribution is -2.29. The van der Waals surface area contributed by atoms with Crippen molar-refractivity contribution in [3.8, 4) is 11.5 Å². The molecular formula is C15H23NO3. The van der Waals surface area contributed by atoms with Crippen molar-refractivity contribution >= 4 is 0 Å². The molecular weight excluding hydrogens is 242 g/mol. The van der Waals surface area contributed by atoms with Crippen molar-refractivity contribution < 1.29 is 14.2 Å². The van der Waals surface area contributed by atoms with Gasteiger partial charge in [0.05, 0.1) is 26.9 Å². The van der Waals surface area contributed by atoms with Crippen LogP contribution in [0.3, 0.4) is 0 Å². The van der Waals surface area contributed by atoms with Gasteiger partial charge in [0.1, 0.15) is 0 Å². The van der Waals surface area contributed by atoms with Crippen molar-refractivity contribution in [2.75, 3.05) is 33.9 Å². The Morgan fingerprint density at radius 1 is 1.21 bits per heavy atom. The lowest BCUT2D eigenvalue weighted by molar-refractivity contribution is 0.0259. The molecule has 1 aromatic carbocycles. The van der Waals surface area contributed by atoms with Crippen LogP contribution in [0.1, 0.15) is 25.5 Å². The minimum absolute atomic E-state index is 0.0570. The molecule has 106 valence electrons. The fraction of sp³-hybridized carbons (Fsp3) is 0.600. The molecule has 0 amide bonds. The van der Waals surface area contributed by atoms with Crippen LogP contribution in [0.2, 0.25) is 0 Å². The third kappa shape index (κ3) is 3.39. The van der Waals surface area contributed by atoms with Gasteiger partial charge in [-0.15, -0.1) is 0 Å². The van der Waals surface area contributed by atoms with Crippen molar-refractivity contribution in [2.45, 2.75) is 20.0 Å². The predicted octanol–water partition coefficient (Wildman–Crippen LogP) is 2.39. The van der Waals surface area contributed by atoms with E-state index in [0.29, 0.717) is 0 Å². The first-order valence-electron chi connectivity index (χ1n) is 6.60. The van der Waals surface area contributed by atoms with E-state index in [1.807, 2.05) is 18.2 Å². The van der Waals surface area contributed by atoms with Crippen LogP contribution in [0.4, 0.5) is 0 Å². The SMILES string of the molecule is COc1ccc(C2CNCC(C)(C)CO2)cc1OC. The fourth-order valence-electron chi connectivity index (χ4n) is 2.24. The summed E-state index contributed by atoms with van der Waals surface area (Å²) in [6, 6.07) is 5.95. The number of rotatable bonds is 3. The highest BCUT2D eigenvalue weighted by Gasteiger charge is 2.26. The Kier molecular flexibility index (Phi) is 4.32. The van der Waals surface area contributed by atoms with Gasteiger partial charge in [0.15, 0.2) is 11.5 Å². The van der Waals surface area contributed by atoms with Gasteiger partial charge in [-0.1, -0.05) is 19.9 Å². The molecule has 1 aliphatic rings. The molecule has 0 aromatic heterocycles. The molecule has 1 saturated heterocycles. The molecule has 1 fully saturated rings. The Balaban J connectivity index is 2.17. The quantitative estimate of drug-likeness (QED) is 0.911. The minimum atomic E-state index is 0.0570. The van der Waals surface area contributed by atoms with Gasteiger partial charge in [0.25, 0.3) is 0 Å². The van der Waals surface area contributed by atoms with Crippen molar-refractivity contribution in [1.82, 2.24) is 5.32 Å². The summed E-state index contributed by atoms with van der Waals surface area (Å²) in [5.41, 5.74) is 1.29. The molecule has 4 nitrogen and oxygen atoms in total. The standard InChI is InChI=1S/C15H23NO3/c1-15(2)9-16-8-14(19-10-15)11-5-6-12(17-3)13(7-11)18-4/h5-7,14,16H,8-10H2,1-4H3. The summed E-state index contributed by atoms with van der Waals surface area (Å²) in [5, 5.41) is 3.46. The summed E-state index contributed by atoms with van der Waals surface area (Å²) in [4.78, 5) is 0. The lowest BCUT2D eigenvalue weighted by atomic mass is 9.95. The van der Waals surface area contributed by atoms with Crippen LogP contribution in [-0.2, 0) is 4.74 Å². The Bertz CT molecular complexity index is 431. The molecule has 4 heteroatoms. The van der Waals surface area contributed by atoms with E-state index in [9.17, 15) is 0 Å². The monoisotopic (exact) mass is 265 g/mol. The maximum atomic E-state index is 6.02. The number of benzene rings is 1. The summed E-state index contributed by atoms with van der Waals surface area (Å²) in [7, 11) is 3.29. The number of methoxy groups -OCH3 is 2. The second-order valence-electron chi connectivity index (χ2n) is 5.71. The van der Waals surface area contributed by atoms with Gasteiger partial charge in [0.2, 0.25) is 0 Å². The highest BCUT2D eigenvalue weighted by molar-refractivity contribution is 5.43. The first-order valence-corrected chi connectivity index (χ1v) is 6.60. The number of hydrogen-bond acceptors (Lipinski definition) is 4. The smallest absolute Gasteiger partial charge is 0.161 e. The molecule has 1 aromatic rings. The molecule has 1 heterocycles. The van der Waals surface area contributed by atoms with Gasteiger partial charge in [-0.05, 0) is 17.7 Å². The number of ether oxygens (including phenoxy) is 3. The zero-order valence-corrected chi connectivity index (χ0v) is 12.2. The number of nitrogens with one attached hydrogen (secondary N) is 1. The predicted molar refractivity (Wildman–Crippen MR) is 74.9 cm³/mol. The van der Waals surface area contributed by atoms with E-state index in [-0.39, 0.29) is 11.5 Å². The Morgan fingerprint density at radius 3 is 2.63 bits per heavy atom. The van der Waals surface area contributed by atoms with Gasteiger partial charge in [-0.2, -0.15) is 0 Å². The molecule has 0 spiro atoms. The first kappa shape index (κ1) is 14.2. The van der Waals surface area contributed by atoms with Crippen LogP contribution in [0.5, 0.6) is 11.5 Å². The maximum absolute atomic E-state index is 6.02. The van der Waals surface area contributed by atoms with Crippen molar-refractivity contribution in [3.05, 3.63) is 23.8 Å². The highest BCUT2D eigenvalue weighted by Crippen LogP contribution is 2.32. The van der Waals surface area contributed by atoms with Crippen LogP contribution < -0.4 is 14.8 Å². The van der Waals surface area contributed by atoms with Gasteiger partial charge < -0.3 is 19.5 Å². The molecule has 1 aliphatic heterocycles. The third-order valence-corrected chi connectivity index (χ3v) is 3.39. The van der Waals surface area contributed by atoms with Gasteiger partial charge in [-0.3, -0.25) is 0 Å². The molecule has 1 atom stereocenters. The van der Waals surface area contributed by atoms with Crippen LogP contribution in [0.15, 0.2) is 18.2 Å². The summed E-state index contributed by atoms with van der Waals surface area (Å²) >= 11 is 0. The van der Waals surface area contributed by atoms with E-state index >= 15 is 0 Å². The Morgan fingerprint density at radius 2 is 1.95 bits per heavy atom. The van der Waals surface area contributed by atoms with Crippen LogP contribution >= 0.6 is 0 Å². The number of hydrogen-bond donors (Lipinski definition) is 1. The van der Waals surface area contributed by atoms with Crippen molar-refractivity contribution in [2.24, 2.45) is 5.41 Å². The second kappa shape index (κ2) is 5.80. The van der Waals surface area contributed by atoms with E-state index in [0.717, 1.165) is 36.8 Å². The van der Waals surface area contributed by atoms with Gasteiger partial charge >= 0.3 is 0 Å². The van der Waals surface area contributed by atoms with Gasteiger partial charge in [-0.25, -0.2) is 0 Å². The molecule has 1 N–H and O–H groups in total. The largest absolute Gasteiger partial charge is 0.493 e. The van der Waals surface area contributed by atoms with E-state index in [4.69, 9.17) is 14.2 Å². The Hall–Kier alpha value is -1.26. The van der Waals surface area contributed by atoms with Gasteiger partial charge in [0, 0.05) is 18.5 Å². The molecule has 19 heavy (non-hydrogen) atoms. The van der Waals surface area contributed by atoms with Crippen molar-refractivity contribution in [3.63, 3.8) is 0 Å². The topological polar surface area (TPSA) is 39.7 Å². The zero-order chi connectivity index (χ0) is 13.9. The van der Waals surface area contributed by atoms with E-state index in [2.05, 4.69) is 19.2 Å². The average molecular weight is 265 g/mol. The van der Waals surface area contributed by atoms with Crippen molar-refractivity contribution in [1.29, 1.82) is 0 Å². The minimum Gasteiger partial charge on any atom is -0.493 e. The fourth-order valence-corrected chi connectivity index (χ4v) is 2.24. The third-order valence-electron chi connectivity index (χ3n) is 3.39. The summed E-state index contributed by atoms with van der Waals surface area (Å²) in [6.45, 7) is 6.95. The van der Waals surface area contributed by atoms with E-state index in [1.54, 1.807) is 14.2 Å². The summed E-state index contributed by atoms with van der Waals surface area (Å²) < 4.78 is 16.6. The highest BCUT2D eigenvalue weighted by atomic mass is 16.5. The second-order valence-corrected chi connectivity index (χ2v) is 5.71. The molecule has 0 aliphatic carbocycles. The molecule has 1 unspecified atom stereocenters. The van der Waals surface area contributed by atoms with Crippen LogP contribution in [-0.4, -0.2) is 33.9 Å². The molecule has 0 radical (unpaired) electrons.